The maximum atomic E-state index is 12.7. The predicted molar refractivity (Wildman–Crippen MR) is 122 cm³/mol. The molecule has 0 atom stereocenters. The molecule has 3 aromatic carbocycles. The molecule has 30 heavy (non-hydrogen) atoms. The fourth-order valence-corrected chi connectivity index (χ4v) is 3.81. The first-order chi connectivity index (χ1) is 14.6. The Kier molecular flexibility index (Phi) is 5.77. The maximum Gasteiger partial charge on any atom is 0.267 e. The molecule has 0 aliphatic rings. The van der Waals surface area contributed by atoms with E-state index in [0.717, 1.165) is 17.0 Å². The van der Waals surface area contributed by atoms with Crippen molar-refractivity contribution in [2.75, 3.05) is 10.6 Å². The number of para-hydroxylation sites is 1. The number of rotatable bonds is 6. The molecule has 1 heterocycles. The van der Waals surface area contributed by atoms with Crippen LogP contribution in [-0.2, 0) is 0 Å². The lowest BCUT2D eigenvalue weighted by Gasteiger charge is -2.07. The molecule has 0 spiro atoms. The minimum Gasteiger partial charge on any atom is -0.457 e. The van der Waals surface area contributed by atoms with Crippen LogP contribution in [0.5, 0.6) is 11.5 Å². The number of aromatic nitrogens is 1. The highest BCUT2D eigenvalue weighted by Gasteiger charge is 2.16. The van der Waals surface area contributed by atoms with Crippen molar-refractivity contribution in [1.82, 2.24) is 4.98 Å². The van der Waals surface area contributed by atoms with Gasteiger partial charge in [0, 0.05) is 11.4 Å². The minimum absolute atomic E-state index is 0.181. The van der Waals surface area contributed by atoms with Crippen LogP contribution in [0.3, 0.4) is 0 Å². The highest BCUT2D eigenvalue weighted by molar-refractivity contribution is 7.17. The third-order valence-corrected chi connectivity index (χ3v) is 5.43. The second kappa shape index (κ2) is 8.80. The van der Waals surface area contributed by atoms with Crippen molar-refractivity contribution in [1.29, 1.82) is 0 Å². The standard InChI is InChI=1S/C24H21N3O2S/c1-16-7-6-8-19(15-16)27-24-25-17(2)22(30-24)23(28)26-18-11-13-21(14-12-18)29-20-9-4-3-5-10-20/h3-15H,1-2H3,(H,25,27)(H,26,28). The monoisotopic (exact) mass is 415 g/mol. The number of carbonyl (C=O) groups is 1. The number of hydrogen-bond donors (Lipinski definition) is 2. The van der Waals surface area contributed by atoms with Gasteiger partial charge >= 0.3 is 0 Å². The molecule has 0 saturated carbocycles. The second-order valence-corrected chi connectivity index (χ2v) is 7.82. The molecule has 1 amide bonds. The molecule has 0 fully saturated rings. The quantitative estimate of drug-likeness (QED) is 0.375. The zero-order valence-corrected chi connectivity index (χ0v) is 17.5. The summed E-state index contributed by atoms with van der Waals surface area (Å²) in [5.41, 5.74) is 3.49. The normalized spacial score (nSPS) is 10.5. The first-order valence-corrected chi connectivity index (χ1v) is 10.3. The largest absolute Gasteiger partial charge is 0.457 e. The number of ether oxygens (including phenoxy) is 1. The van der Waals surface area contributed by atoms with Crippen molar-refractivity contribution in [3.8, 4) is 11.5 Å². The van der Waals surface area contributed by atoms with Crippen LogP contribution in [0.4, 0.5) is 16.5 Å². The Bertz CT molecular complexity index is 1150. The highest BCUT2D eigenvalue weighted by atomic mass is 32.1. The van der Waals surface area contributed by atoms with Crippen LogP contribution in [0.1, 0.15) is 20.9 Å². The summed E-state index contributed by atoms with van der Waals surface area (Å²) in [7, 11) is 0. The van der Waals surface area contributed by atoms with Gasteiger partial charge in [0.2, 0.25) is 0 Å². The van der Waals surface area contributed by atoms with Crippen LogP contribution in [0.15, 0.2) is 78.9 Å². The number of nitrogens with one attached hydrogen (secondary N) is 2. The molecular weight excluding hydrogens is 394 g/mol. The molecule has 6 heteroatoms. The van der Waals surface area contributed by atoms with Crippen molar-refractivity contribution in [2.45, 2.75) is 13.8 Å². The summed E-state index contributed by atoms with van der Waals surface area (Å²) in [4.78, 5) is 17.8. The van der Waals surface area contributed by atoms with E-state index in [0.29, 0.717) is 27.1 Å². The Labute approximate surface area is 179 Å². The molecule has 0 aliphatic heterocycles. The average molecular weight is 416 g/mol. The summed E-state index contributed by atoms with van der Waals surface area (Å²) < 4.78 is 5.78. The first kappa shape index (κ1) is 19.7. The Hall–Kier alpha value is -3.64. The van der Waals surface area contributed by atoms with Gasteiger partial charge in [0.1, 0.15) is 16.4 Å². The van der Waals surface area contributed by atoms with Gasteiger partial charge in [-0.25, -0.2) is 4.98 Å². The number of aryl methyl sites for hydroxylation is 2. The molecule has 5 nitrogen and oxygen atoms in total. The summed E-state index contributed by atoms with van der Waals surface area (Å²) in [6, 6.07) is 24.9. The Balaban J connectivity index is 1.42. The lowest BCUT2D eigenvalue weighted by atomic mass is 10.2. The lowest BCUT2D eigenvalue weighted by Crippen LogP contribution is -2.11. The molecule has 1 aromatic heterocycles. The van der Waals surface area contributed by atoms with E-state index in [1.807, 2.05) is 92.7 Å². The topological polar surface area (TPSA) is 63.2 Å². The minimum atomic E-state index is -0.181. The van der Waals surface area contributed by atoms with Gasteiger partial charge in [0.05, 0.1) is 5.69 Å². The molecule has 150 valence electrons. The maximum absolute atomic E-state index is 12.7. The van der Waals surface area contributed by atoms with Gasteiger partial charge in [0.15, 0.2) is 5.13 Å². The SMILES string of the molecule is Cc1cccc(Nc2nc(C)c(C(=O)Nc3ccc(Oc4ccccc4)cc3)s2)c1. The van der Waals surface area contributed by atoms with E-state index in [-0.39, 0.29) is 5.91 Å². The van der Waals surface area contributed by atoms with E-state index in [2.05, 4.69) is 15.6 Å². The Morgan fingerprint density at radius 1 is 0.867 bits per heavy atom. The Morgan fingerprint density at radius 3 is 2.33 bits per heavy atom. The third-order valence-electron chi connectivity index (χ3n) is 4.36. The van der Waals surface area contributed by atoms with Crippen molar-refractivity contribution in [3.05, 3.63) is 95.0 Å². The number of anilines is 3. The smallest absolute Gasteiger partial charge is 0.267 e. The van der Waals surface area contributed by atoms with E-state index in [1.54, 1.807) is 0 Å². The zero-order valence-electron chi connectivity index (χ0n) is 16.7. The zero-order chi connectivity index (χ0) is 20.9. The summed E-state index contributed by atoms with van der Waals surface area (Å²) in [6.07, 6.45) is 0. The van der Waals surface area contributed by atoms with E-state index in [9.17, 15) is 4.79 Å². The van der Waals surface area contributed by atoms with Crippen LogP contribution in [0.2, 0.25) is 0 Å². The third kappa shape index (κ3) is 4.85. The number of amides is 1. The van der Waals surface area contributed by atoms with E-state index in [4.69, 9.17) is 4.74 Å². The fraction of sp³-hybridized carbons (Fsp3) is 0.0833. The van der Waals surface area contributed by atoms with Crippen molar-refractivity contribution < 1.29 is 9.53 Å². The van der Waals surface area contributed by atoms with Crippen LogP contribution < -0.4 is 15.4 Å². The summed E-state index contributed by atoms with van der Waals surface area (Å²) in [5.74, 6) is 1.29. The highest BCUT2D eigenvalue weighted by Crippen LogP contribution is 2.28. The molecule has 0 aliphatic carbocycles. The second-order valence-electron chi connectivity index (χ2n) is 6.82. The number of nitrogens with zero attached hydrogens (tertiary/aromatic N) is 1. The first-order valence-electron chi connectivity index (χ1n) is 9.52. The molecule has 0 bridgehead atoms. The molecule has 2 N–H and O–H groups in total. The van der Waals surface area contributed by atoms with Gasteiger partial charge in [-0.05, 0) is 67.9 Å². The predicted octanol–water partition coefficient (Wildman–Crippen LogP) is 6.55. The van der Waals surface area contributed by atoms with E-state index in [1.165, 1.54) is 11.3 Å². The van der Waals surface area contributed by atoms with Crippen LogP contribution in [0.25, 0.3) is 0 Å². The van der Waals surface area contributed by atoms with Gasteiger partial charge in [0.25, 0.3) is 5.91 Å². The van der Waals surface area contributed by atoms with Gasteiger partial charge < -0.3 is 15.4 Å². The van der Waals surface area contributed by atoms with Gasteiger partial charge in [-0.1, -0.05) is 41.7 Å². The average Bonchev–Trinajstić information content (AvgIpc) is 3.10. The number of thiazole rings is 1. The lowest BCUT2D eigenvalue weighted by molar-refractivity contribution is 0.103. The molecule has 0 unspecified atom stereocenters. The van der Waals surface area contributed by atoms with Gasteiger partial charge in [-0.2, -0.15) is 0 Å². The van der Waals surface area contributed by atoms with Crippen molar-refractivity contribution in [2.24, 2.45) is 0 Å². The van der Waals surface area contributed by atoms with Crippen molar-refractivity contribution in [3.63, 3.8) is 0 Å². The van der Waals surface area contributed by atoms with Crippen LogP contribution in [-0.4, -0.2) is 10.9 Å². The summed E-state index contributed by atoms with van der Waals surface area (Å²) >= 11 is 1.33. The Morgan fingerprint density at radius 2 is 1.60 bits per heavy atom. The number of benzene rings is 3. The number of hydrogen-bond acceptors (Lipinski definition) is 5. The van der Waals surface area contributed by atoms with Gasteiger partial charge in [-0.3, -0.25) is 4.79 Å². The molecule has 4 aromatic rings. The molecular formula is C24H21N3O2S. The van der Waals surface area contributed by atoms with E-state index >= 15 is 0 Å². The van der Waals surface area contributed by atoms with Crippen LogP contribution >= 0.6 is 11.3 Å². The fourth-order valence-electron chi connectivity index (χ4n) is 2.93. The van der Waals surface area contributed by atoms with E-state index < -0.39 is 0 Å². The molecule has 0 radical (unpaired) electrons. The molecule has 0 saturated heterocycles. The summed E-state index contributed by atoms with van der Waals surface area (Å²) in [6.45, 7) is 3.87. The van der Waals surface area contributed by atoms with Crippen LogP contribution in [0, 0.1) is 13.8 Å². The molecule has 4 rings (SSSR count). The van der Waals surface area contributed by atoms with Gasteiger partial charge in [-0.15, -0.1) is 0 Å². The summed E-state index contributed by atoms with van der Waals surface area (Å²) in [5, 5.41) is 6.88. The number of carbonyl (C=O) groups excluding carboxylic acids is 1. The van der Waals surface area contributed by atoms with Crippen molar-refractivity contribution >= 4 is 33.8 Å².